The number of carbonyl (C=O) groups is 1. The van der Waals surface area contributed by atoms with Crippen LogP contribution in [0, 0.1) is 0 Å². The molecule has 3 heteroatoms. The molecule has 3 nitrogen and oxygen atoms in total. The Bertz CT molecular complexity index is 502. The number of ether oxygens (including phenoxy) is 1. The van der Waals surface area contributed by atoms with Crippen molar-refractivity contribution < 1.29 is 14.6 Å². The molecule has 1 atom stereocenters. The third-order valence-corrected chi connectivity index (χ3v) is 2.93. The van der Waals surface area contributed by atoms with Crippen LogP contribution >= 0.6 is 0 Å². The van der Waals surface area contributed by atoms with E-state index in [4.69, 9.17) is 4.74 Å². The zero-order valence-corrected chi connectivity index (χ0v) is 9.64. The summed E-state index contributed by atoms with van der Waals surface area (Å²) in [7, 11) is 1.45. The number of Topliss-reactive ketones (excluding diaryl/α,β-unsaturated/α-hetero) is 1. The van der Waals surface area contributed by atoms with Gasteiger partial charge in [-0.1, -0.05) is 30.3 Å². The molecule has 0 spiro atoms. The maximum absolute atomic E-state index is 12.3. The van der Waals surface area contributed by atoms with Gasteiger partial charge in [-0.25, -0.2) is 0 Å². The molecule has 1 aliphatic rings. The molecule has 2 rings (SSSR count). The van der Waals surface area contributed by atoms with E-state index < -0.39 is 5.60 Å². The van der Waals surface area contributed by atoms with Crippen LogP contribution < -0.4 is 0 Å². The van der Waals surface area contributed by atoms with Crippen LogP contribution in [0.4, 0.5) is 0 Å². The molecule has 1 N–H and O–H groups in total. The minimum absolute atomic E-state index is 0.139. The predicted molar refractivity (Wildman–Crippen MR) is 65.5 cm³/mol. The van der Waals surface area contributed by atoms with Gasteiger partial charge in [0.05, 0.1) is 7.11 Å². The number of hydrogen-bond donors (Lipinski definition) is 1. The van der Waals surface area contributed by atoms with Crippen LogP contribution in [0.5, 0.6) is 0 Å². The van der Waals surface area contributed by atoms with Gasteiger partial charge >= 0.3 is 0 Å². The van der Waals surface area contributed by atoms with Crippen LogP contribution in [0.3, 0.4) is 0 Å². The fourth-order valence-corrected chi connectivity index (χ4v) is 2.05. The monoisotopic (exact) mass is 230 g/mol. The van der Waals surface area contributed by atoms with Crippen LogP contribution in [0.2, 0.25) is 0 Å². The van der Waals surface area contributed by atoms with Crippen molar-refractivity contribution in [3.8, 4) is 0 Å². The minimum Gasteiger partial charge on any atom is -0.497 e. The molecular formula is C14H14O3. The second-order valence-electron chi connectivity index (χ2n) is 3.98. The average molecular weight is 230 g/mol. The second kappa shape index (κ2) is 4.18. The summed E-state index contributed by atoms with van der Waals surface area (Å²) in [4.78, 5) is 12.3. The van der Waals surface area contributed by atoms with E-state index in [1.807, 2.05) is 12.1 Å². The summed E-state index contributed by atoms with van der Waals surface area (Å²) in [6, 6.07) is 7.14. The highest BCUT2D eigenvalue weighted by molar-refractivity contribution is 6.09. The summed E-state index contributed by atoms with van der Waals surface area (Å²) < 4.78 is 5.13. The van der Waals surface area contributed by atoms with Crippen LogP contribution in [-0.2, 0) is 4.74 Å². The molecule has 0 fully saturated rings. The molecular weight excluding hydrogens is 216 g/mol. The second-order valence-corrected chi connectivity index (χ2v) is 3.98. The molecule has 0 radical (unpaired) electrons. The van der Waals surface area contributed by atoms with Crippen molar-refractivity contribution in [1.82, 2.24) is 0 Å². The van der Waals surface area contributed by atoms with Crippen molar-refractivity contribution in [2.24, 2.45) is 0 Å². The van der Waals surface area contributed by atoms with Gasteiger partial charge < -0.3 is 9.84 Å². The smallest absolute Gasteiger partial charge is 0.203 e. The minimum atomic E-state index is -1.62. The quantitative estimate of drug-likeness (QED) is 0.809. The van der Waals surface area contributed by atoms with E-state index in [-0.39, 0.29) is 18.0 Å². The Kier molecular flexibility index (Phi) is 2.86. The fourth-order valence-electron chi connectivity index (χ4n) is 2.05. The summed E-state index contributed by atoms with van der Waals surface area (Å²) in [5.74, 6) is -0.0755. The van der Waals surface area contributed by atoms with Crippen LogP contribution in [-0.4, -0.2) is 23.6 Å². The van der Waals surface area contributed by atoms with Crippen molar-refractivity contribution in [2.45, 2.75) is 12.0 Å². The number of hydrogen-bond acceptors (Lipinski definition) is 3. The predicted octanol–water partition coefficient (Wildman–Crippen LogP) is 2.18. The van der Waals surface area contributed by atoms with Crippen molar-refractivity contribution in [3.05, 3.63) is 53.8 Å². The van der Waals surface area contributed by atoms with Gasteiger partial charge in [-0.2, -0.15) is 0 Å². The van der Waals surface area contributed by atoms with Gasteiger partial charge in [0.2, 0.25) is 5.78 Å². The van der Waals surface area contributed by atoms with Crippen molar-refractivity contribution >= 4 is 11.9 Å². The van der Waals surface area contributed by atoms with E-state index in [1.165, 1.54) is 13.2 Å². The van der Waals surface area contributed by atoms with E-state index in [9.17, 15) is 9.90 Å². The van der Waals surface area contributed by atoms with Crippen molar-refractivity contribution in [1.29, 1.82) is 0 Å². The largest absolute Gasteiger partial charge is 0.497 e. The molecule has 88 valence electrons. The lowest BCUT2D eigenvalue weighted by Gasteiger charge is -2.31. The normalized spacial score (nSPS) is 22.7. The van der Waals surface area contributed by atoms with E-state index in [1.54, 1.807) is 18.2 Å². The molecule has 0 aromatic heterocycles. The molecule has 17 heavy (non-hydrogen) atoms. The first-order chi connectivity index (χ1) is 8.13. The number of rotatable bonds is 3. The fraction of sp³-hybridized carbons (Fsp3) is 0.214. The van der Waals surface area contributed by atoms with Gasteiger partial charge in [0.1, 0.15) is 5.76 Å². The van der Waals surface area contributed by atoms with Gasteiger partial charge in [0, 0.05) is 12.0 Å². The van der Waals surface area contributed by atoms with Crippen LogP contribution in [0.25, 0.3) is 6.08 Å². The van der Waals surface area contributed by atoms with Crippen LogP contribution in [0.1, 0.15) is 22.3 Å². The summed E-state index contributed by atoms with van der Waals surface area (Å²) in [6.45, 7) is 3.56. The number of aliphatic hydroxyl groups is 1. The standard InChI is InChI=1S/C14H14O3/c1-3-8-14(16)12(17-2)9-10-6-4-5-7-11(10)13(14)15/h3-7,9,16H,1,8H2,2H3. The molecule has 0 aliphatic heterocycles. The van der Waals surface area contributed by atoms with Gasteiger partial charge in [0.25, 0.3) is 0 Å². The number of methoxy groups -OCH3 is 1. The number of benzene rings is 1. The lowest BCUT2D eigenvalue weighted by atomic mass is 9.81. The lowest BCUT2D eigenvalue weighted by Crippen LogP contribution is -2.43. The Morgan fingerprint density at radius 1 is 1.47 bits per heavy atom. The average Bonchev–Trinajstić information content (AvgIpc) is 2.34. The van der Waals surface area contributed by atoms with E-state index in [0.29, 0.717) is 5.56 Å². The molecule has 0 saturated carbocycles. The zero-order chi connectivity index (χ0) is 12.5. The maximum atomic E-state index is 12.3. The van der Waals surface area contributed by atoms with Gasteiger partial charge in [-0.3, -0.25) is 4.79 Å². The Morgan fingerprint density at radius 3 is 2.82 bits per heavy atom. The highest BCUT2D eigenvalue weighted by atomic mass is 16.5. The van der Waals surface area contributed by atoms with E-state index >= 15 is 0 Å². The maximum Gasteiger partial charge on any atom is 0.203 e. The third kappa shape index (κ3) is 1.68. The SMILES string of the molecule is C=CCC1(O)C(=O)c2ccccc2C=C1OC. The summed E-state index contributed by atoms with van der Waals surface area (Å²) in [5, 5.41) is 10.4. The lowest BCUT2D eigenvalue weighted by molar-refractivity contribution is 0.0243. The molecule has 1 aromatic rings. The molecule has 1 aromatic carbocycles. The highest BCUT2D eigenvalue weighted by Crippen LogP contribution is 2.34. The summed E-state index contributed by atoms with van der Waals surface area (Å²) in [5.41, 5.74) is -0.342. The molecule has 0 heterocycles. The number of carbonyl (C=O) groups excluding carboxylic acids is 1. The molecule has 0 bridgehead atoms. The van der Waals surface area contributed by atoms with Gasteiger partial charge in [-0.15, -0.1) is 6.58 Å². The molecule has 0 saturated heterocycles. The Morgan fingerprint density at radius 2 is 2.18 bits per heavy atom. The van der Waals surface area contributed by atoms with E-state index in [2.05, 4.69) is 6.58 Å². The van der Waals surface area contributed by atoms with Crippen LogP contribution in [0.15, 0.2) is 42.7 Å². The first kappa shape index (κ1) is 11.6. The van der Waals surface area contributed by atoms with E-state index in [0.717, 1.165) is 5.56 Å². The third-order valence-electron chi connectivity index (χ3n) is 2.93. The van der Waals surface area contributed by atoms with Crippen molar-refractivity contribution in [3.63, 3.8) is 0 Å². The molecule has 1 unspecified atom stereocenters. The highest BCUT2D eigenvalue weighted by Gasteiger charge is 2.43. The first-order valence-corrected chi connectivity index (χ1v) is 5.36. The number of fused-ring (bicyclic) bond motifs is 1. The first-order valence-electron chi connectivity index (χ1n) is 5.36. The van der Waals surface area contributed by atoms with Gasteiger partial charge in [-0.05, 0) is 11.6 Å². The Labute approximate surface area is 100 Å². The van der Waals surface area contributed by atoms with Crippen molar-refractivity contribution in [2.75, 3.05) is 7.11 Å². The molecule has 1 aliphatic carbocycles. The van der Waals surface area contributed by atoms with Gasteiger partial charge in [0.15, 0.2) is 5.60 Å². The summed E-state index contributed by atoms with van der Waals surface area (Å²) >= 11 is 0. The topological polar surface area (TPSA) is 46.5 Å². The Hall–Kier alpha value is -1.87. The summed E-state index contributed by atoms with van der Waals surface area (Å²) in [6.07, 6.45) is 3.35. The molecule has 0 amide bonds. The zero-order valence-electron chi connectivity index (χ0n) is 9.64. The Balaban J connectivity index is 2.61. The number of ketones is 1.